The molecule has 0 spiro atoms. The van der Waals surface area contributed by atoms with Crippen molar-refractivity contribution in [3.8, 4) is 0 Å². The third-order valence-corrected chi connectivity index (χ3v) is 2.90. The molecule has 0 amide bonds. The van der Waals surface area contributed by atoms with E-state index in [1.807, 2.05) is 0 Å². The first-order valence-electron chi connectivity index (χ1n) is 6.22. The lowest BCUT2D eigenvalue weighted by Gasteiger charge is -2.11. The second-order valence-electron chi connectivity index (χ2n) is 4.21. The normalized spacial score (nSPS) is 16.6. The highest BCUT2D eigenvalue weighted by Crippen LogP contribution is 2.20. The van der Waals surface area contributed by atoms with Gasteiger partial charge in [-0.2, -0.15) is 0 Å². The summed E-state index contributed by atoms with van der Waals surface area (Å²) in [5, 5.41) is 3.26. The van der Waals surface area contributed by atoms with E-state index in [1.54, 1.807) is 0 Å². The summed E-state index contributed by atoms with van der Waals surface area (Å²) < 4.78 is 10.3. The van der Waals surface area contributed by atoms with Gasteiger partial charge in [0.2, 0.25) is 0 Å². The molecule has 94 valence electrons. The minimum absolute atomic E-state index is 0.135. The fourth-order valence-electron chi connectivity index (χ4n) is 1.94. The molecule has 1 aliphatic carbocycles. The molecule has 0 unspecified atom stereocenters. The number of nitrogens with one attached hydrogen (secondary N) is 1. The van der Waals surface area contributed by atoms with Gasteiger partial charge < -0.3 is 14.8 Å². The maximum atomic E-state index is 10.8. The molecule has 0 atom stereocenters. The Labute approximate surface area is 97.7 Å². The summed E-state index contributed by atoms with van der Waals surface area (Å²) in [6.45, 7) is 2.50. The molecule has 0 heterocycles. The van der Waals surface area contributed by atoms with Gasteiger partial charge in [0.15, 0.2) is 0 Å². The zero-order valence-electron chi connectivity index (χ0n) is 10.2. The second kappa shape index (κ2) is 8.53. The molecule has 0 aromatic carbocycles. The van der Waals surface area contributed by atoms with E-state index in [1.165, 1.54) is 32.8 Å². The zero-order chi connectivity index (χ0) is 11.6. The quantitative estimate of drug-likeness (QED) is 0.506. The number of esters is 1. The summed E-state index contributed by atoms with van der Waals surface area (Å²) in [6.07, 6.45) is 6.90. The van der Waals surface area contributed by atoms with Gasteiger partial charge in [-0.25, -0.2) is 0 Å². The van der Waals surface area contributed by atoms with Crippen molar-refractivity contribution in [2.75, 3.05) is 26.8 Å². The molecule has 0 radical (unpaired) electrons. The molecule has 0 saturated heterocycles. The van der Waals surface area contributed by atoms with Crippen LogP contribution in [0.15, 0.2) is 0 Å². The first kappa shape index (κ1) is 13.5. The SMILES string of the molecule is COC(=O)CCCNCCOC1CCCC1. The number of carbonyl (C=O) groups excluding carboxylic acids is 1. The fraction of sp³-hybridized carbons (Fsp3) is 0.917. The van der Waals surface area contributed by atoms with Gasteiger partial charge in [-0.3, -0.25) is 4.79 Å². The third-order valence-electron chi connectivity index (χ3n) is 2.90. The van der Waals surface area contributed by atoms with Gasteiger partial charge in [-0.15, -0.1) is 0 Å². The molecule has 0 bridgehead atoms. The van der Waals surface area contributed by atoms with E-state index >= 15 is 0 Å². The van der Waals surface area contributed by atoms with Gasteiger partial charge in [0, 0.05) is 13.0 Å². The monoisotopic (exact) mass is 229 g/mol. The molecule has 4 nitrogen and oxygen atoms in total. The topological polar surface area (TPSA) is 47.6 Å². The molecule has 0 aromatic heterocycles. The van der Waals surface area contributed by atoms with E-state index < -0.39 is 0 Å². The molecule has 1 fully saturated rings. The minimum Gasteiger partial charge on any atom is -0.469 e. The summed E-state index contributed by atoms with van der Waals surface area (Å²) in [7, 11) is 1.42. The van der Waals surface area contributed by atoms with E-state index in [0.717, 1.165) is 26.1 Å². The Morgan fingerprint density at radius 3 is 2.75 bits per heavy atom. The van der Waals surface area contributed by atoms with Crippen molar-refractivity contribution in [3.63, 3.8) is 0 Å². The minimum atomic E-state index is -0.135. The van der Waals surface area contributed by atoms with Crippen molar-refractivity contribution in [1.29, 1.82) is 0 Å². The van der Waals surface area contributed by atoms with Gasteiger partial charge in [-0.1, -0.05) is 12.8 Å². The smallest absolute Gasteiger partial charge is 0.305 e. The molecule has 1 saturated carbocycles. The predicted octanol–water partition coefficient (Wildman–Crippen LogP) is 1.49. The predicted molar refractivity (Wildman–Crippen MR) is 62.3 cm³/mol. The van der Waals surface area contributed by atoms with E-state index in [4.69, 9.17) is 4.74 Å². The summed E-state index contributed by atoms with van der Waals surface area (Å²) in [6, 6.07) is 0. The lowest BCUT2D eigenvalue weighted by Crippen LogP contribution is -2.23. The van der Waals surface area contributed by atoms with Crippen LogP contribution >= 0.6 is 0 Å². The first-order valence-corrected chi connectivity index (χ1v) is 6.22. The summed E-state index contributed by atoms with van der Waals surface area (Å²) in [5.74, 6) is -0.135. The standard InChI is InChI=1S/C12H23NO3/c1-15-12(14)7-4-8-13-9-10-16-11-5-2-3-6-11/h11,13H,2-10H2,1H3. The molecule has 0 aromatic rings. The summed E-state index contributed by atoms with van der Waals surface area (Å²) in [5.41, 5.74) is 0. The van der Waals surface area contributed by atoms with Crippen molar-refractivity contribution < 1.29 is 14.3 Å². The van der Waals surface area contributed by atoms with Gasteiger partial charge in [0.25, 0.3) is 0 Å². The van der Waals surface area contributed by atoms with Crippen LogP contribution < -0.4 is 5.32 Å². The van der Waals surface area contributed by atoms with Gasteiger partial charge in [0.1, 0.15) is 0 Å². The van der Waals surface area contributed by atoms with Crippen molar-refractivity contribution in [1.82, 2.24) is 5.32 Å². The van der Waals surface area contributed by atoms with Crippen molar-refractivity contribution in [3.05, 3.63) is 0 Å². The van der Waals surface area contributed by atoms with Crippen LogP contribution in [-0.4, -0.2) is 38.9 Å². The van der Waals surface area contributed by atoms with E-state index in [9.17, 15) is 4.79 Å². The highest BCUT2D eigenvalue weighted by Gasteiger charge is 2.14. The maximum absolute atomic E-state index is 10.8. The Morgan fingerprint density at radius 2 is 2.06 bits per heavy atom. The lowest BCUT2D eigenvalue weighted by atomic mass is 10.3. The summed E-state index contributed by atoms with van der Waals surface area (Å²) in [4.78, 5) is 10.8. The highest BCUT2D eigenvalue weighted by molar-refractivity contribution is 5.68. The lowest BCUT2D eigenvalue weighted by molar-refractivity contribution is -0.140. The van der Waals surface area contributed by atoms with Gasteiger partial charge in [-0.05, 0) is 25.8 Å². The Kier molecular flexibility index (Phi) is 7.17. The first-order chi connectivity index (χ1) is 7.83. The molecule has 16 heavy (non-hydrogen) atoms. The van der Waals surface area contributed by atoms with E-state index in [0.29, 0.717) is 12.5 Å². The average Bonchev–Trinajstić information content (AvgIpc) is 2.80. The molecule has 4 heteroatoms. The molecule has 0 aliphatic heterocycles. The van der Waals surface area contributed by atoms with Crippen LogP contribution in [-0.2, 0) is 14.3 Å². The number of ether oxygens (including phenoxy) is 2. The summed E-state index contributed by atoms with van der Waals surface area (Å²) >= 11 is 0. The molecular weight excluding hydrogens is 206 g/mol. The largest absolute Gasteiger partial charge is 0.469 e. The Morgan fingerprint density at radius 1 is 1.31 bits per heavy atom. The van der Waals surface area contributed by atoms with E-state index in [2.05, 4.69) is 10.1 Å². The Balaban J connectivity index is 1.79. The van der Waals surface area contributed by atoms with Crippen LogP contribution in [0.2, 0.25) is 0 Å². The van der Waals surface area contributed by atoms with Crippen LogP contribution in [0.4, 0.5) is 0 Å². The molecule has 1 aliphatic rings. The third kappa shape index (κ3) is 6.08. The highest BCUT2D eigenvalue weighted by atomic mass is 16.5. The molecule has 1 rings (SSSR count). The van der Waals surface area contributed by atoms with Crippen LogP contribution in [0.25, 0.3) is 0 Å². The van der Waals surface area contributed by atoms with Gasteiger partial charge in [0.05, 0.1) is 19.8 Å². The average molecular weight is 229 g/mol. The second-order valence-corrected chi connectivity index (χ2v) is 4.21. The number of carbonyl (C=O) groups is 1. The number of hydrogen-bond acceptors (Lipinski definition) is 4. The number of methoxy groups -OCH3 is 1. The van der Waals surface area contributed by atoms with Crippen LogP contribution in [0.1, 0.15) is 38.5 Å². The van der Waals surface area contributed by atoms with E-state index in [-0.39, 0.29) is 5.97 Å². The number of rotatable bonds is 8. The van der Waals surface area contributed by atoms with Crippen LogP contribution in [0.5, 0.6) is 0 Å². The van der Waals surface area contributed by atoms with Gasteiger partial charge >= 0.3 is 5.97 Å². The van der Waals surface area contributed by atoms with Crippen LogP contribution in [0.3, 0.4) is 0 Å². The molecular formula is C12H23NO3. The Bertz CT molecular complexity index is 191. The zero-order valence-corrected chi connectivity index (χ0v) is 10.2. The van der Waals surface area contributed by atoms with Crippen molar-refractivity contribution >= 4 is 5.97 Å². The maximum Gasteiger partial charge on any atom is 0.305 e. The molecule has 1 N–H and O–H groups in total. The Hall–Kier alpha value is -0.610. The van der Waals surface area contributed by atoms with Crippen molar-refractivity contribution in [2.24, 2.45) is 0 Å². The fourth-order valence-corrected chi connectivity index (χ4v) is 1.94. The van der Waals surface area contributed by atoms with Crippen molar-refractivity contribution in [2.45, 2.75) is 44.6 Å². The van der Waals surface area contributed by atoms with Crippen LogP contribution in [0, 0.1) is 0 Å². The number of hydrogen-bond donors (Lipinski definition) is 1.